The zero-order valence-corrected chi connectivity index (χ0v) is 14.5. The van der Waals surface area contributed by atoms with Crippen LogP contribution >= 0.6 is 12.4 Å². The molecule has 1 saturated heterocycles. The number of carbonyl (C=O) groups is 1. The first-order valence-corrected chi connectivity index (χ1v) is 8.21. The number of hydrogen-bond acceptors (Lipinski definition) is 4. The van der Waals surface area contributed by atoms with Crippen molar-refractivity contribution in [1.29, 1.82) is 0 Å². The largest absolute Gasteiger partial charge is 0.441 e. The van der Waals surface area contributed by atoms with Gasteiger partial charge in [-0.3, -0.25) is 4.79 Å². The van der Waals surface area contributed by atoms with Crippen LogP contribution in [0.5, 0.6) is 0 Å². The molecule has 4 rings (SSSR count). The van der Waals surface area contributed by atoms with E-state index in [2.05, 4.69) is 15.6 Å². The molecule has 2 fully saturated rings. The van der Waals surface area contributed by atoms with E-state index in [0.717, 1.165) is 49.4 Å². The SMILES string of the molecule is Cc1ncc(-c2ccc(NC(=O)C3CC34CCNCC4)cc2)o1.Cl. The highest BCUT2D eigenvalue weighted by Crippen LogP contribution is 2.58. The molecule has 1 aromatic carbocycles. The summed E-state index contributed by atoms with van der Waals surface area (Å²) in [4.78, 5) is 16.5. The molecule has 1 aliphatic carbocycles. The Morgan fingerprint density at radius 3 is 2.62 bits per heavy atom. The van der Waals surface area contributed by atoms with Crippen LogP contribution in [0.1, 0.15) is 25.2 Å². The molecule has 1 atom stereocenters. The molecule has 2 aromatic rings. The maximum Gasteiger partial charge on any atom is 0.228 e. The van der Waals surface area contributed by atoms with Crippen LogP contribution in [0.4, 0.5) is 5.69 Å². The first-order chi connectivity index (χ1) is 11.2. The number of oxazole rings is 1. The predicted molar refractivity (Wildman–Crippen MR) is 95.2 cm³/mol. The Bertz CT molecular complexity index is 720. The Hall–Kier alpha value is -1.85. The second kappa shape index (κ2) is 6.57. The number of nitrogens with zero attached hydrogens (tertiary/aromatic N) is 1. The van der Waals surface area contributed by atoms with Crippen molar-refractivity contribution in [2.75, 3.05) is 18.4 Å². The molecule has 0 radical (unpaired) electrons. The van der Waals surface area contributed by atoms with Gasteiger partial charge in [-0.15, -0.1) is 12.4 Å². The van der Waals surface area contributed by atoms with Gasteiger partial charge in [0.25, 0.3) is 0 Å². The lowest BCUT2D eigenvalue weighted by Gasteiger charge is -2.23. The second-order valence-electron chi connectivity index (χ2n) is 6.68. The molecule has 2 aliphatic rings. The lowest BCUT2D eigenvalue weighted by atomic mass is 9.92. The van der Waals surface area contributed by atoms with Crippen molar-refractivity contribution >= 4 is 24.0 Å². The number of carbonyl (C=O) groups excluding carboxylic acids is 1. The minimum atomic E-state index is 0. The third-order valence-electron chi connectivity index (χ3n) is 5.16. The fraction of sp³-hybridized carbons (Fsp3) is 0.444. The van der Waals surface area contributed by atoms with Crippen LogP contribution in [-0.4, -0.2) is 24.0 Å². The summed E-state index contributed by atoms with van der Waals surface area (Å²) < 4.78 is 5.51. The summed E-state index contributed by atoms with van der Waals surface area (Å²) in [7, 11) is 0. The van der Waals surface area contributed by atoms with E-state index in [1.54, 1.807) is 6.20 Å². The Kier molecular flexibility index (Phi) is 4.65. The van der Waals surface area contributed by atoms with Crippen LogP contribution in [0.15, 0.2) is 34.9 Å². The normalized spacial score (nSPS) is 21.1. The molecule has 24 heavy (non-hydrogen) atoms. The minimum absolute atomic E-state index is 0. The Morgan fingerprint density at radius 1 is 1.29 bits per heavy atom. The van der Waals surface area contributed by atoms with Gasteiger partial charge in [0.15, 0.2) is 11.7 Å². The zero-order valence-electron chi connectivity index (χ0n) is 13.7. The van der Waals surface area contributed by atoms with Crippen LogP contribution in [-0.2, 0) is 4.79 Å². The number of anilines is 1. The van der Waals surface area contributed by atoms with Crippen molar-refractivity contribution in [2.45, 2.75) is 26.2 Å². The Balaban J connectivity index is 0.00000169. The van der Waals surface area contributed by atoms with E-state index < -0.39 is 0 Å². The third kappa shape index (κ3) is 3.19. The lowest BCUT2D eigenvalue weighted by Crippen LogP contribution is -2.31. The molecule has 1 saturated carbocycles. The maximum absolute atomic E-state index is 12.4. The van der Waals surface area contributed by atoms with Crippen LogP contribution < -0.4 is 10.6 Å². The van der Waals surface area contributed by atoms with E-state index in [1.165, 1.54) is 0 Å². The standard InChI is InChI=1S/C18H21N3O2.ClH/c1-12-20-11-16(23-12)13-2-4-14(5-3-13)21-17(22)15-10-18(15)6-8-19-9-7-18;/h2-5,11,15,19H,6-10H2,1H3,(H,21,22);1H. The van der Waals surface area contributed by atoms with E-state index in [1.807, 2.05) is 31.2 Å². The van der Waals surface area contributed by atoms with E-state index in [4.69, 9.17) is 4.42 Å². The van der Waals surface area contributed by atoms with E-state index in [9.17, 15) is 4.79 Å². The summed E-state index contributed by atoms with van der Waals surface area (Å²) in [6.45, 7) is 3.90. The summed E-state index contributed by atoms with van der Waals surface area (Å²) >= 11 is 0. The van der Waals surface area contributed by atoms with Gasteiger partial charge >= 0.3 is 0 Å². The highest BCUT2D eigenvalue weighted by molar-refractivity contribution is 5.95. The van der Waals surface area contributed by atoms with Gasteiger partial charge in [-0.2, -0.15) is 0 Å². The summed E-state index contributed by atoms with van der Waals surface area (Å²) in [6.07, 6.45) is 4.99. The summed E-state index contributed by atoms with van der Waals surface area (Å²) in [6, 6.07) is 7.73. The van der Waals surface area contributed by atoms with Crippen molar-refractivity contribution in [2.24, 2.45) is 11.3 Å². The number of benzene rings is 1. The molecular weight excluding hydrogens is 326 g/mol. The highest BCUT2D eigenvalue weighted by atomic mass is 35.5. The number of rotatable bonds is 3. The van der Waals surface area contributed by atoms with Gasteiger partial charge in [0.1, 0.15) is 0 Å². The molecule has 128 valence electrons. The molecule has 0 bridgehead atoms. The van der Waals surface area contributed by atoms with E-state index >= 15 is 0 Å². The van der Waals surface area contributed by atoms with Gasteiger partial charge in [0.05, 0.1) is 6.20 Å². The molecule has 1 spiro atoms. The van der Waals surface area contributed by atoms with Crippen LogP contribution in [0.25, 0.3) is 11.3 Å². The number of hydrogen-bond donors (Lipinski definition) is 2. The molecule has 2 N–H and O–H groups in total. The quantitative estimate of drug-likeness (QED) is 0.893. The molecule has 2 heterocycles. The van der Waals surface area contributed by atoms with Crippen LogP contribution in [0.2, 0.25) is 0 Å². The summed E-state index contributed by atoms with van der Waals surface area (Å²) in [5.41, 5.74) is 2.07. The third-order valence-corrected chi connectivity index (χ3v) is 5.16. The predicted octanol–water partition coefficient (Wildman–Crippen LogP) is 3.40. The van der Waals surface area contributed by atoms with Crippen LogP contribution in [0.3, 0.4) is 0 Å². The summed E-state index contributed by atoms with van der Waals surface area (Å²) in [5.74, 6) is 1.74. The van der Waals surface area contributed by atoms with Gasteiger partial charge < -0.3 is 15.1 Å². The first kappa shape index (κ1) is 17.0. The molecule has 1 amide bonds. The van der Waals surface area contributed by atoms with Crippen molar-refractivity contribution in [3.8, 4) is 11.3 Å². The van der Waals surface area contributed by atoms with Crippen molar-refractivity contribution in [3.63, 3.8) is 0 Å². The van der Waals surface area contributed by atoms with E-state index in [0.29, 0.717) is 5.89 Å². The molecular formula is C18H22ClN3O2. The fourth-order valence-electron chi connectivity index (χ4n) is 3.64. The average molecular weight is 348 g/mol. The Morgan fingerprint density at radius 2 is 2.00 bits per heavy atom. The van der Waals surface area contributed by atoms with Gasteiger partial charge in [0, 0.05) is 24.1 Å². The van der Waals surface area contributed by atoms with Gasteiger partial charge in [-0.05, 0) is 62.0 Å². The monoisotopic (exact) mass is 347 g/mol. The lowest BCUT2D eigenvalue weighted by molar-refractivity contribution is -0.118. The average Bonchev–Trinajstić information content (AvgIpc) is 3.07. The minimum Gasteiger partial charge on any atom is -0.441 e. The first-order valence-electron chi connectivity index (χ1n) is 8.21. The maximum atomic E-state index is 12.4. The number of piperidine rings is 1. The fourth-order valence-corrected chi connectivity index (χ4v) is 3.64. The van der Waals surface area contributed by atoms with Gasteiger partial charge in [-0.25, -0.2) is 4.98 Å². The van der Waals surface area contributed by atoms with Crippen molar-refractivity contribution in [1.82, 2.24) is 10.3 Å². The van der Waals surface area contributed by atoms with Crippen LogP contribution in [0, 0.1) is 18.3 Å². The number of nitrogens with one attached hydrogen (secondary N) is 2. The second-order valence-corrected chi connectivity index (χ2v) is 6.68. The van der Waals surface area contributed by atoms with E-state index in [-0.39, 0.29) is 29.6 Å². The topological polar surface area (TPSA) is 67.2 Å². The molecule has 1 unspecified atom stereocenters. The van der Waals surface area contributed by atoms with Gasteiger partial charge in [0.2, 0.25) is 5.91 Å². The van der Waals surface area contributed by atoms with Gasteiger partial charge in [-0.1, -0.05) is 0 Å². The number of amides is 1. The summed E-state index contributed by atoms with van der Waals surface area (Å²) in [5, 5.41) is 6.42. The Labute approximate surface area is 147 Å². The number of aryl methyl sites for hydroxylation is 1. The van der Waals surface area contributed by atoms with Crippen molar-refractivity contribution in [3.05, 3.63) is 36.4 Å². The molecule has 5 nitrogen and oxygen atoms in total. The van der Waals surface area contributed by atoms with Crippen molar-refractivity contribution < 1.29 is 9.21 Å². The zero-order chi connectivity index (χ0) is 15.9. The molecule has 1 aromatic heterocycles. The molecule has 6 heteroatoms. The highest BCUT2D eigenvalue weighted by Gasteiger charge is 2.57. The number of halogens is 1. The smallest absolute Gasteiger partial charge is 0.228 e. The number of aromatic nitrogens is 1. The molecule has 1 aliphatic heterocycles.